The molecular weight excluding hydrogens is 300 g/mol. The van der Waals surface area contributed by atoms with Crippen molar-refractivity contribution >= 4 is 33.4 Å². The van der Waals surface area contributed by atoms with Gasteiger partial charge in [-0.3, -0.25) is 4.79 Å². The lowest BCUT2D eigenvalue weighted by Crippen LogP contribution is -2.40. The highest BCUT2D eigenvalue weighted by Gasteiger charge is 2.20. The highest BCUT2D eigenvalue weighted by Crippen LogP contribution is 2.24. The Labute approximate surface area is 123 Å². The molecule has 0 aliphatic carbocycles. The zero-order valence-electron chi connectivity index (χ0n) is 11.3. The first-order valence-corrected chi connectivity index (χ1v) is 8.54. The van der Waals surface area contributed by atoms with Gasteiger partial charge >= 0.3 is 5.97 Å². The molecule has 3 N–H and O–H groups in total. The minimum Gasteiger partial charge on any atom is -0.468 e. The molecule has 0 saturated carbocycles. The van der Waals surface area contributed by atoms with Crippen molar-refractivity contribution in [3.8, 4) is 0 Å². The van der Waals surface area contributed by atoms with Gasteiger partial charge in [0, 0.05) is 16.3 Å². The second-order valence-electron chi connectivity index (χ2n) is 4.07. The van der Waals surface area contributed by atoms with E-state index >= 15 is 0 Å². The number of esters is 1. The number of nitrogen functional groups attached to an aromatic ring is 1. The summed E-state index contributed by atoms with van der Waals surface area (Å²) in [4.78, 5) is 12.0. The van der Waals surface area contributed by atoms with E-state index in [4.69, 9.17) is 5.73 Å². The Bertz CT molecular complexity index is 560. The Balaban J connectivity index is 2.48. The van der Waals surface area contributed by atoms with Gasteiger partial charge in [-0.05, 0) is 19.1 Å². The van der Waals surface area contributed by atoms with Gasteiger partial charge in [0.05, 0.1) is 12.9 Å². The maximum absolute atomic E-state index is 11.8. The number of methoxy groups -OCH3 is 1. The summed E-state index contributed by atoms with van der Waals surface area (Å²) in [5.74, 6) is -0.376. The molecule has 0 saturated heterocycles. The fourth-order valence-electron chi connectivity index (χ4n) is 1.43. The number of hydrogen-bond acceptors (Lipinski definition) is 6. The molecule has 8 heteroatoms. The maximum atomic E-state index is 11.8. The lowest BCUT2D eigenvalue weighted by molar-refractivity contribution is -0.142. The van der Waals surface area contributed by atoms with Crippen molar-refractivity contribution in [3.05, 3.63) is 24.3 Å². The highest BCUT2D eigenvalue weighted by atomic mass is 32.2. The van der Waals surface area contributed by atoms with Crippen LogP contribution in [0.15, 0.2) is 29.2 Å². The quantitative estimate of drug-likeness (QED) is 0.439. The average molecular weight is 318 g/mol. The lowest BCUT2D eigenvalue weighted by atomic mass is 10.3. The van der Waals surface area contributed by atoms with Crippen LogP contribution in [0, 0.1) is 0 Å². The van der Waals surface area contributed by atoms with Gasteiger partial charge < -0.3 is 10.5 Å². The van der Waals surface area contributed by atoms with Crippen molar-refractivity contribution < 1.29 is 17.9 Å². The number of nitrogens with two attached hydrogens (primary N) is 1. The summed E-state index contributed by atoms with van der Waals surface area (Å²) in [6.45, 7) is 1.44. The Morgan fingerprint density at radius 3 is 2.70 bits per heavy atom. The second kappa shape index (κ2) is 7.51. The number of sulfonamides is 1. The summed E-state index contributed by atoms with van der Waals surface area (Å²) in [5, 5.41) is 0. The van der Waals surface area contributed by atoms with Crippen LogP contribution in [0.2, 0.25) is 0 Å². The zero-order valence-corrected chi connectivity index (χ0v) is 13.0. The average Bonchev–Trinajstić information content (AvgIpc) is 2.39. The van der Waals surface area contributed by atoms with Crippen LogP contribution in [-0.2, 0) is 19.6 Å². The van der Waals surface area contributed by atoms with E-state index in [1.807, 2.05) is 18.2 Å². The van der Waals surface area contributed by atoms with E-state index < -0.39 is 22.0 Å². The summed E-state index contributed by atoms with van der Waals surface area (Å²) in [6, 6.07) is 6.35. The number of anilines is 1. The molecule has 0 heterocycles. The molecule has 20 heavy (non-hydrogen) atoms. The van der Waals surface area contributed by atoms with E-state index in [-0.39, 0.29) is 5.75 Å². The normalized spacial score (nSPS) is 12.9. The molecule has 0 fully saturated rings. The first kappa shape index (κ1) is 16.8. The number of nitrogens with one attached hydrogen (secondary N) is 1. The van der Waals surface area contributed by atoms with Gasteiger partial charge in [0.15, 0.2) is 0 Å². The number of benzene rings is 1. The van der Waals surface area contributed by atoms with Crippen molar-refractivity contribution in [1.82, 2.24) is 4.72 Å². The molecule has 0 aromatic heterocycles. The molecule has 1 unspecified atom stereocenters. The van der Waals surface area contributed by atoms with Gasteiger partial charge in [0.25, 0.3) is 0 Å². The van der Waals surface area contributed by atoms with E-state index in [9.17, 15) is 13.2 Å². The maximum Gasteiger partial charge on any atom is 0.323 e. The minimum atomic E-state index is -3.53. The van der Waals surface area contributed by atoms with Crippen LogP contribution in [0.25, 0.3) is 0 Å². The van der Waals surface area contributed by atoms with Crippen LogP contribution in [0.4, 0.5) is 5.69 Å². The highest BCUT2D eigenvalue weighted by molar-refractivity contribution is 8.00. The third-order valence-electron chi connectivity index (χ3n) is 2.44. The van der Waals surface area contributed by atoms with Crippen LogP contribution in [0.3, 0.4) is 0 Å². The lowest BCUT2D eigenvalue weighted by Gasteiger charge is -2.12. The Kier molecular flexibility index (Phi) is 6.31. The van der Waals surface area contributed by atoms with Crippen molar-refractivity contribution in [2.75, 3.05) is 24.3 Å². The molecule has 0 radical (unpaired) electrons. The van der Waals surface area contributed by atoms with Gasteiger partial charge in [-0.2, -0.15) is 0 Å². The number of para-hydroxylation sites is 1. The summed E-state index contributed by atoms with van der Waals surface area (Å²) in [6.07, 6.45) is 0. The monoisotopic (exact) mass is 318 g/mol. The number of hydrogen-bond donors (Lipinski definition) is 2. The first-order chi connectivity index (χ1) is 9.35. The molecular formula is C12H18N2O4S2. The number of ether oxygens (including phenoxy) is 1. The third-order valence-corrected chi connectivity index (χ3v) is 5.24. The molecule has 0 bridgehead atoms. The predicted octanol–water partition coefficient (Wildman–Crippen LogP) is 0.842. The summed E-state index contributed by atoms with van der Waals surface area (Å²) in [5.41, 5.74) is 6.38. The number of thioether (sulfide) groups is 1. The number of rotatable bonds is 7. The van der Waals surface area contributed by atoms with E-state index in [0.29, 0.717) is 11.4 Å². The molecule has 6 nitrogen and oxygen atoms in total. The standard InChI is InChI=1S/C12H18N2O4S2/c1-9(12(15)18-2)14-20(16,17)8-7-19-11-6-4-3-5-10(11)13/h3-6,9,14H,7-8,13H2,1-2H3. The summed E-state index contributed by atoms with van der Waals surface area (Å²) < 4.78 is 30.3. The van der Waals surface area contributed by atoms with Gasteiger partial charge in [0.1, 0.15) is 6.04 Å². The summed E-state index contributed by atoms with van der Waals surface area (Å²) >= 11 is 1.35. The van der Waals surface area contributed by atoms with Crippen molar-refractivity contribution in [3.63, 3.8) is 0 Å². The zero-order chi connectivity index (χ0) is 15.2. The molecule has 0 amide bonds. The fourth-order valence-corrected chi connectivity index (χ4v) is 4.02. The molecule has 0 aliphatic rings. The predicted molar refractivity (Wildman–Crippen MR) is 80.0 cm³/mol. The van der Waals surface area contributed by atoms with Crippen LogP contribution in [0.5, 0.6) is 0 Å². The Morgan fingerprint density at radius 2 is 2.10 bits per heavy atom. The molecule has 1 atom stereocenters. The molecule has 1 rings (SSSR count). The fraction of sp³-hybridized carbons (Fsp3) is 0.417. The molecule has 112 valence electrons. The smallest absolute Gasteiger partial charge is 0.323 e. The first-order valence-electron chi connectivity index (χ1n) is 5.91. The molecule has 1 aromatic carbocycles. The van der Waals surface area contributed by atoms with Crippen molar-refractivity contribution in [2.24, 2.45) is 0 Å². The Hall–Kier alpha value is -1.25. The topological polar surface area (TPSA) is 98.5 Å². The van der Waals surface area contributed by atoms with Crippen LogP contribution < -0.4 is 10.5 Å². The number of carbonyl (C=O) groups is 1. The Morgan fingerprint density at radius 1 is 1.45 bits per heavy atom. The molecule has 0 spiro atoms. The van der Waals surface area contributed by atoms with Crippen LogP contribution in [0.1, 0.15) is 6.92 Å². The van der Waals surface area contributed by atoms with Gasteiger partial charge in [0.2, 0.25) is 10.0 Å². The minimum absolute atomic E-state index is 0.104. The van der Waals surface area contributed by atoms with Crippen molar-refractivity contribution in [1.29, 1.82) is 0 Å². The SMILES string of the molecule is COC(=O)C(C)NS(=O)(=O)CCSc1ccccc1N. The van der Waals surface area contributed by atoms with Crippen LogP contribution >= 0.6 is 11.8 Å². The largest absolute Gasteiger partial charge is 0.468 e. The van der Waals surface area contributed by atoms with Gasteiger partial charge in [-0.15, -0.1) is 11.8 Å². The molecule has 0 aliphatic heterocycles. The second-order valence-corrected chi connectivity index (χ2v) is 7.08. The summed E-state index contributed by atoms with van der Waals surface area (Å²) in [7, 11) is -2.32. The van der Waals surface area contributed by atoms with Gasteiger partial charge in [-0.25, -0.2) is 13.1 Å². The molecule has 1 aromatic rings. The third kappa shape index (κ3) is 5.40. The van der Waals surface area contributed by atoms with Gasteiger partial charge in [-0.1, -0.05) is 12.1 Å². The van der Waals surface area contributed by atoms with Crippen molar-refractivity contribution in [2.45, 2.75) is 17.9 Å². The van der Waals surface area contributed by atoms with E-state index in [0.717, 1.165) is 4.90 Å². The van der Waals surface area contributed by atoms with E-state index in [2.05, 4.69) is 9.46 Å². The van der Waals surface area contributed by atoms with E-state index in [1.165, 1.54) is 25.8 Å². The van der Waals surface area contributed by atoms with Crippen LogP contribution in [-0.4, -0.2) is 39.0 Å². The van der Waals surface area contributed by atoms with E-state index in [1.54, 1.807) is 6.07 Å². The number of carbonyl (C=O) groups excluding carboxylic acids is 1.